The number of aliphatic hydroxyl groups is 1. The summed E-state index contributed by atoms with van der Waals surface area (Å²) in [5.41, 5.74) is -0.0113. The molecular weight excluding hydrogens is 154 g/mol. The first-order chi connectivity index (χ1) is 5.64. The second kappa shape index (κ2) is 4.21. The summed E-state index contributed by atoms with van der Waals surface area (Å²) in [6, 6.07) is 0.496. The van der Waals surface area contributed by atoms with Crippen LogP contribution < -0.4 is 5.32 Å². The zero-order valence-electron chi connectivity index (χ0n) is 7.97. The second-order valence-electron chi connectivity index (χ2n) is 4.26. The molecule has 0 aromatic heterocycles. The van der Waals surface area contributed by atoms with Crippen LogP contribution in [0.1, 0.15) is 20.3 Å². The SMILES string of the molecule is CC(C)(CO)CNC1CCOC1. The molecule has 1 rings (SSSR count). The smallest absolute Gasteiger partial charge is 0.0620 e. The lowest BCUT2D eigenvalue weighted by Crippen LogP contribution is -2.38. The zero-order valence-corrected chi connectivity index (χ0v) is 7.97. The first-order valence-corrected chi connectivity index (χ1v) is 4.56. The molecule has 0 aromatic carbocycles. The van der Waals surface area contributed by atoms with E-state index in [9.17, 15) is 0 Å². The van der Waals surface area contributed by atoms with Gasteiger partial charge in [0.1, 0.15) is 0 Å². The third-order valence-electron chi connectivity index (χ3n) is 2.23. The Morgan fingerprint density at radius 3 is 2.83 bits per heavy atom. The monoisotopic (exact) mass is 173 g/mol. The maximum atomic E-state index is 9.00. The second-order valence-corrected chi connectivity index (χ2v) is 4.26. The largest absolute Gasteiger partial charge is 0.396 e. The van der Waals surface area contributed by atoms with Crippen molar-refractivity contribution in [1.82, 2.24) is 5.32 Å². The van der Waals surface area contributed by atoms with Gasteiger partial charge in [-0.3, -0.25) is 0 Å². The molecule has 0 bridgehead atoms. The third kappa shape index (κ3) is 3.09. The van der Waals surface area contributed by atoms with E-state index in [1.165, 1.54) is 0 Å². The van der Waals surface area contributed by atoms with Crippen molar-refractivity contribution in [3.8, 4) is 0 Å². The minimum Gasteiger partial charge on any atom is -0.396 e. The summed E-state index contributed by atoms with van der Waals surface area (Å²) in [5.74, 6) is 0. The molecule has 0 radical (unpaired) electrons. The highest BCUT2D eigenvalue weighted by molar-refractivity contribution is 4.76. The molecule has 1 saturated heterocycles. The van der Waals surface area contributed by atoms with Gasteiger partial charge < -0.3 is 15.2 Å². The summed E-state index contributed by atoms with van der Waals surface area (Å²) < 4.78 is 5.23. The van der Waals surface area contributed by atoms with Crippen LogP contribution in [0.25, 0.3) is 0 Å². The summed E-state index contributed by atoms with van der Waals surface area (Å²) in [6.07, 6.45) is 1.10. The van der Waals surface area contributed by atoms with Crippen molar-refractivity contribution < 1.29 is 9.84 Å². The van der Waals surface area contributed by atoms with Crippen LogP contribution in [0.3, 0.4) is 0 Å². The Morgan fingerprint density at radius 1 is 1.58 bits per heavy atom. The van der Waals surface area contributed by atoms with Gasteiger partial charge in [-0.05, 0) is 6.42 Å². The number of hydrogen-bond acceptors (Lipinski definition) is 3. The third-order valence-corrected chi connectivity index (χ3v) is 2.23. The first-order valence-electron chi connectivity index (χ1n) is 4.56. The van der Waals surface area contributed by atoms with Gasteiger partial charge in [-0.15, -0.1) is 0 Å². The van der Waals surface area contributed by atoms with Crippen LogP contribution in [-0.2, 0) is 4.74 Å². The molecule has 1 heterocycles. The van der Waals surface area contributed by atoms with Crippen LogP contribution in [0.4, 0.5) is 0 Å². The Balaban J connectivity index is 2.15. The van der Waals surface area contributed by atoms with E-state index in [0.29, 0.717) is 6.04 Å². The predicted molar refractivity (Wildman–Crippen MR) is 48.1 cm³/mol. The Kier molecular flexibility index (Phi) is 3.50. The van der Waals surface area contributed by atoms with Crippen molar-refractivity contribution >= 4 is 0 Å². The van der Waals surface area contributed by atoms with E-state index in [1.807, 2.05) is 0 Å². The molecule has 2 N–H and O–H groups in total. The molecule has 12 heavy (non-hydrogen) atoms. The molecule has 0 amide bonds. The quantitative estimate of drug-likeness (QED) is 0.646. The number of ether oxygens (including phenoxy) is 1. The van der Waals surface area contributed by atoms with Crippen LogP contribution in [0, 0.1) is 5.41 Å². The fourth-order valence-corrected chi connectivity index (χ4v) is 1.17. The van der Waals surface area contributed by atoms with Crippen LogP contribution in [0.5, 0.6) is 0 Å². The lowest BCUT2D eigenvalue weighted by molar-refractivity contribution is 0.148. The van der Waals surface area contributed by atoms with Crippen LogP contribution >= 0.6 is 0 Å². The van der Waals surface area contributed by atoms with E-state index in [1.54, 1.807) is 0 Å². The molecular formula is C9H19NO2. The molecule has 3 heteroatoms. The highest BCUT2D eigenvalue weighted by Crippen LogP contribution is 2.13. The molecule has 0 saturated carbocycles. The minimum atomic E-state index is -0.0113. The lowest BCUT2D eigenvalue weighted by Gasteiger charge is -2.24. The Hall–Kier alpha value is -0.120. The molecule has 0 aliphatic carbocycles. The van der Waals surface area contributed by atoms with Crippen LogP contribution in [0.15, 0.2) is 0 Å². The van der Waals surface area contributed by atoms with Crippen LogP contribution in [-0.4, -0.2) is 37.5 Å². The molecule has 0 aromatic rings. The number of nitrogens with one attached hydrogen (secondary N) is 1. The number of hydrogen-bond donors (Lipinski definition) is 2. The minimum absolute atomic E-state index is 0.0113. The first kappa shape index (κ1) is 9.96. The molecule has 1 aliphatic heterocycles. The van der Waals surface area contributed by atoms with Gasteiger partial charge in [0.2, 0.25) is 0 Å². The average molecular weight is 173 g/mol. The van der Waals surface area contributed by atoms with E-state index < -0.39 is 0 Å². The Bertz CT molecular complexity index is 130. The van der Waals surface area contributed by atoms with E-state index >= 15 is 0 Å². The lowest BCUT2D eigenvalue weighted by atomic mass is 9.94. The summed E-state index contributed by atoms with van der Waals surface area (Å²) in [4.78, 5) is 0. The molecule has 0 spiro atoms. The molecule has 1 fully saturated rings. The maximum Gasteiger partial charge on any atom is 0.0620 e. The highest BCUT2D eigenvalue weighted by Gasteiger charge is 2.20. The van der Waals surface area contributed by atoms with Gasteiger partial charge in [-0.1, -0.05) is 13.8 Å². The van der Waals surface area contributed by atoms with Gasteiger partial charge in [-0.2, -0.15) is 0 Å². The molecule has 72 valence electrons. The summed E-state index contributed by atoms with van der Waals surface area (Å²) in [5, 5.41) is 12.4. The van der Waals surface area contributed by atoms with Crippen LogP contribution in [0.2, 0.25) is 0 Å². The number of aliphatic hydroxyl groups excluding tert-OH is 1. The van der Waals surface area contributed by atoms with E-state index in [2.05, 4.69) is 19.2 Å². The van der Waals surface area contributed by atoms with Crippen molar-refractivity contribution in [3.05, 3.63) is 0 Å². The van der Waals surface area contributed by atoms with E-state index in [-0.39, 0.29) is 12.0 Å². The maximum absolute atomic E-state index is 9.00. The molecule has 1 atom stereocenters. The van der Waals surface area contributed by atoms with Gasteiger partial charge in [0.25, 0.3) is 0 Å². The van der Waals surface area contributed by atoms with Gasteiger partial charge in [-0.25, -0.2) is 0 Å². The van der Waals surface area contributed by atoms with Crippen molar-refractivity contribution in [2.24, 2.45) is 5.41 Å². The summed E-state index contributed by atoms with van der Waals surface area (Å²) in [7, 11) is 0. The van der Waals surface area contributed by atoms with Gasteiger partial charge in [0.05, 0.1) is 6.61 Å². The fraction of sp³-hybridized carbons (Fsp3) is 1.00. The van der Waals surface area contributed by atoms with Gasteiger partial charge in [0, 0.05) is 31.2 Å². The predicted octanol–water partition coefficient (Wildman–Crippen LogP) is 0.383. The molecule has 1 aliphatic rings. The van der Waals surface area contributed by atoms with Gasteiger partial charge >= 0.3 is 0 Å². The molecule has 1 unspecified atom stereocenters. The fourth-order valence-electron chi connectivity index (χ4n) is 1.17. The van der Waals surface area contributed by atoms with Gasteiger partial charge in [0.15, 0.2) is 0 Å². The van der Waals surface area contributed by atoms with Crippen molar-refractivity contribution in [2.75, 3.05) is 26.4 Å². The standard InChI is InChI=1S/C9H19NO2/c1-9(2,7-11)6-10-8-3-4-12-5-8/h8,10-11H,3-7H2,1-2H3. The van der Waals surface area contributed by atoms with Crippen molar-refractivity contribution in [2.45, 2.75) is 26.3 Å². The van der Waals surface area contributed by atoms with E-state index in [4.69, 9.17) is 9.84 Å². The normalized spacial score (nSPS) is 24.8. The Labute approximate surface area is 74.1 Å². The topological polar surface area (TPSA) is 41.5 Å². The zero-order chi connectivity index (χ0) is 9.03. The Morgan fingerprint density at radius 2 is 2.33 bits per heavy atom. The average Bonchev–Trinajstić information content (AvgIpc) is 2.53. The number of rotatable bonds is 4. The van der Waals surface area contributed by atoms with Crippen molar-refractivity contribution in [3.63, 3.8) is 0 Å². The highest BCUT2D eigenvalue weighted by atomic mass is 16.5. The van der Waals surface area contributed by atoms with E-state index in [0.717, 1.165) is 26.2 Å². The summed E-state index contributed by atoms with van der Waals surface area (Å²) >= 11 is 0. The summed E-state index contributed by atoms with van der Waals surface area (Å²) in [6.45, 7) is 6.88. The van der Waals surface area contributed by atoms with Crippen molar-refractivity contribution in [1.29, 1.82) is 0 Å². The molecule has 3 nitrogen and oxygen atoms in total.